The number of hydrogen-bond acceptors (Lipinski definition) is 4. The van der Waals surface area contributed by atoms with Gasteiger partial charge in [-0.1, -0.05) is 0 Å². The molecule has 0 bridgehead atoms. The first kappa shape index (κ1) is 11.4. The molecule has 0 aromatic carbocycles. The summed E-state index contributed by atoms with van der Waals surface area (Å²) in [6, 6.07) is 1.69. The molecule has 5 heteroatoms. The van der Waals surface area contributed by atoms with E-state index >= 15 is 0 Å². The molecule has 0 atom stereocenters. The van der Waals surface area contributed by atoms with Crippen LogP contribution in [-0.4, -0.2) is 23.0 Å². The van der Waals surface area contributed by atoms with Crippen molar-refractivity contribution >= 4 is 11.4 Å². The van der Waals surface area contributed by atoms with Gasteiger partial charge in [-0.2, -0.15) is 0 Å². The first-order chi connectivity index (χ1) is 7.11. The van der Waals surface area contributed by atoms with Crippen molar-refractivity contribution in [2.45, 2.75) is 20.8 Å². The van der Waals surface area contributed by atoms with Crippen molar-refractivity contribution in [1.82, 2.24) is 4.98 Å². The lowest BCUT2D eigenvalue weighted by molar-refractivity contribution is -0.385. The van der Waals surface area contributed by atoms with Crippen molar-refractivity contribution in [2.75, 3.05) is 18.0 Å². The van der Waals surface area contributed by atoms with Crippen molar-refractivity contribution in [1.29, 1.82) is 0 Å². The summed E-state index contributed by atoms with van der Waals surface area (Å²) in [5, 5.41) is 10.9. The van der Waals surface area contributed by atoms with E-state index in [4.69, 9.17) is 0 Å². The molecule has 0 saturated carbocycles. The molecule has 1 rings (SSSR count). The van der Waals surface area contributed by atoms with E-state index in [1.54, 1.807) is 19.2 Å². The number of anilines is 1. The lowest BCUT2D eigenvalue weighted by Gasteiger charge is -2.20. The fourth-order valence-electron chi connectivity index (χ4n) is 1.59. The van der Waals surface area contributed by atoms with Crippen molar-refractivity contribution in [3.05, 3.63) is 28.1 Å². The number of aryl methyl sites for hydroxylation is 1. The van der Waals surface area contributed by atoms with Gasteiger partial charge >= 0.3 is 5.69 Å². The number of rotatable bonds is 4. The van der Waals surface area contributed by atoms with Gasteiger partial charge in [0, 0.05) is 19.3 Å². The Labute approximate surface area is 88.9 Å². The van der Waals surface area contributed by atoms with Gasteiger partial charge in [-0.3, -0.25) is 15.1 Å². The highest BCUT2D eigenvalue weighted by Crippen LogP contribution is 2.29. The molecule has 0 fully saturated rings. The minimum atomic E-state index is -0.365. The monoisotopic (exact) mass is 209 g/mol. The Morgan fingerprint density at radius 3 is 2.53 bits per heavy atom. The Hall–Kier alpha value is -1.65. The minimum absolute atomic E-state index is 0.112. The summed E-state index contributed by atoms with van der Waals surface area (Å²) in [6.45, 7) is 7.11. The third-order valence-electron chi connectivity index (χ3n) is 2.37. The minimum Gasteiger partial charge on any atom is -0.366 e. The second kappa shape index (κ2) is 4.72. The molecule has 82 valence electrons. The summed E-state index contributed by atoms with van der Waals surface area (Å²) in [6.07, 6.45) is 1.61. The summed E-state index contributed by atoms with van der Waals surface area (Å²) in [5.41, 5.74) is 1.23. The van der Waals surface area contributed by atoms with Crippen LogP contribution in [0, 0.1) is 17.0 Å². The van der Waals surface area contributed by atoms with Crippen LogP contribution in [0.25, 0.3) is 0 Å². The van der Waals surface area contributed by atoms with Crippen LogP contribution in [-0.2, 0) is 0 Å². The average Bonchev–Trinajstić information content (AvgIpc) is 2.19. The molecule has 1 aromatic heterocycles. The predicted molar refractivity (Wildman–Crippen MR) is 59.2 cm³/mol. The first-order valence-electron chi connectivity index (χ1n) is 4.96. The highest BCUT2D eigenvalue weighted by Gasteiger charge is 2.20. The van der Waals surface area contributed by atoms with Gasteiger partial charge in [-0.25, -0.2) is 0 Å². The summed E-state index contributed by atoms with van der Waals surface area (Å²) in [5.74, 6) is 0. The first-order valence-corrected chi connectivity index (χ1v) is 4.96. The molecule has 0 N–H and O–H groups in total. The number of aromatic nitrogens is 1. The van der Waals surface area contributed by atoms with Gasteiger partial charge in [0.25, 0.3) is 0 Å². The van der Waals surface area contributed by atoms with Gasteiger partial charge < -0.3 is 4.90 Å². The number of nitrogens with zero attached hydrogens (tertiary/aromatic N) is 3. The fraction of sp³-hybridized carbons (Fsp3) is 0.500. The van der Waals surface area contributed by atoms with Gasteiger partial charge in [-0.05, 0) is 26.8 Å². The molecule has 5 nitrogen and oxygen atoms in total. The Balaban J connectivity index is 3.27. The molecule has 0 radical (unpaired) electrons. The maximum Gasteiger partial charge on any atom is 0.313 e. The van der Waals surface area contributed by atoms with E-state index in [9.17, 15) is 10.1 Å². The molecular formula is C10H15N3O2. The number of pyridine rings is 1. The third-order valence-corrected chi connectivity index (χ3v) is 2.37. The van der Waals surface area contributed by atoms with Crippen LogP contribution in [0.3, 0.4) is 0 Å². The average molecular weight is 209 g/mol. The summed E-state index contributed by atoms with van der Waals surface area (Å²) < 4.78 is 0. The van der Waals surface area contributed by atoms with Gasteiger partial charge in [0.05, 0.1) is 4.92 Å². The quantitative estimate of drug-likeness (QED) is 0.563. The standard InChI is InChI=1S/C10H15N3O2/c1-4-12(5-2)9-6-7-11-8(3)10(9)13(14)15/h6-7H,4-5H2,1-3H3. The topological polar surface area (TPSA) is 59.3 Å². The molecule has 0 aliphatic rings. The molecule has 0 aliphatic heterocycles. The molecule has 1 heterocycles. The second-order valence-corrected chi connectivity index (χ2v) is 3.19. The van der Waals surface area contributed by atoms with Crippen LogP contribution in [0.4, 0.5) is 11.4 Å². The molecule has 0 saturated heterocycles. The normalized spacial score (nSPS) is 10.1. The summed E-state index contributed by atoms with van der Waals surface area (Å²) >= 11 is 0. The predicted octanol–water partition coefficient (Wildman–Crippen LogP) is 2.14. The highest BCUT2D eigenvalue weighted by atomic mass is 16.6. The van der Waals surface area contributed by atoms with Gasteiger partial charge in [0.15, 0.2) is 0 Å². The fourth-order valence-corrected chi connectivity index (χ4v) is 1.59. The smallest absolute Gasteiger partial charge is 0.313 e. The van der Waals surface area contributed by atoms with E-state index in [1.807, 2.05) is 18.7 Å². The van der Waals surface area contributed by atoms with Crippen molar-refractivity contribution in [3.63, 3.8) is 0 Å². The number of nitro groups is 1. The maximum absolute atomic E-state index is 10.9. The van der Waals surface area contributed by atoms with Crippen LogP contribution in [0.2, 0.25) is 0 Å². The van der Waals surface area contributed by atoms with E-state index in [-0.39, 0.29) is 10.6 Å². The molecule has 0 aliphatic carbocycles. The lowest BCUT2D eigenvalue weighted by atomic mass is 10.2. The van der Waals surface area contributed by atoms with E-state index in [0.717, 1.165) is 13.1 Å². The van der Waals surface area contributed by atoms with Gasteiger partial charge in [0.1, 0.15) is 11.4 Å². The molecule has 1 aromatic rings. The molecule has 0 unspecified atom stereocenters. The molecule has 0 spiro atoms. The van der Waals surface area contributed by atoms with Gasteiger partial charge in [0.2, 0.25) is 0 Å². The largest absolute Gasteiger partial charge is 0.366 e. The molecule has 0 amide bonds. The Kier molecular flexibility index (Phi) is 3.60. The Bertz CT molecular complexity index is 362. The van der Waals surface area contributed by atoms with Crippen LogP contribution in [0.1, 0.15) is 19.5 Å². The van der Waals surface area contributed by atoms with E-state index in [1.165, 1.54) is 0 Å². The van der Waals surface area contributed by atoms with Crippen molar-refractivity contribution in [3.8, 4) is 0 Å². The number of hydrogen-bond donors (Lipinski definition) is 0. The highest BCUT2D eigenvalue weighted by molar-refractivity contribution is 5.64. The second-order valence-electron chi connectivity index (χ2n) is 3.19. The summed E-state index contributed by atoms with van der Waals surface area (Å²) in [7, 11) is 0. The molecular weight excluding hydrogens is 194 g/mol. The zero-order valence-electron chi connectivity index (χ0n) is 9.23. The SMILES string of the molecule is CCN(CC)c1ccnc(C)c1[N+](=O)[O-]. The zero-order chi connectivity index (χ0) is 11.4. The van der Waals surface area contributed by atoms with Crippen molar-refractivity contribution in [2.24, 2.45) is 0 Å². The van der Waals surface area contributed by atoms with Gasteiger partial charge in [-0.15, -0.1) is 0 Å². The van der Waals surface area contributed by atoms with E-state index in [2.05, 4.69) is 4.98 Å². The van der Waals surface area contributed by atoms with Crippen LogP contribution >= 0.6 is 0 Å². The third kappa shape index (κ3) is 2.23. The lowest BCUT2D eigenvalue weighted by Crippen LogP contribution is -2.23. The van der Waals surface area contributed by atoms with E-state index in [0.29, 0.717) is 11.4 Å². The zero-order valence-corrected chi connectivity index (χ0v) is 9.23. The molecule has 15 heavy (non-hydrogen) atoms. The Morgan fingerprint density at radius 1 is 1.47 bits per heavy atom. The van der Waals surface area contributed by atoms with Crippen molar-refractivity contribution < 1.29 is 4.92 Å². The Morgan fingerprint density at radius 2 is 2.07 bits per heavy atom. The van der Waals surface area contributed by atoms with Crippen LogP contribution in [0.15, 0.2) is 12.3 Å². The summed E-state index contributed by atoms with van der Waals surface area (Å²) in [4.78, 5) is 16.4. The maximum atomic E-state index is 10.9. The van der Waals surface area contributed by atoms with Crippen LogP contribution in [0.5, 0.6) is 0 Å². The van der Waals surface area contributed by atoms with E-state index < -0.39 is 0 Å². The van der Waals surface area contributed by atoms with Crippen LogP contribution < -0.4 is 4.90 Å².